The summed E-state index contributed by atoms with van der Waals surface area (Å²) in [6.07, 6.45) is 1.87. The van der Waals surface area contributed by atoms with E-state index in [9.17, 15) is 14.4 Å². The number of benzene rings is 2. The molecule has 5 nitrogen and oxygen atoms in total. The molecule has 2 aromatic carbocycles. The maximum atomic E-state index is 13.0. The van der Waals surface area contributed by atoms with Crippen molar-refractivity contribution in [1.29, 1.82) is 0 Å². The Hall–Kier alpha value is -2.95. The molecule has 2 heterocycles. The molecule has 126 valence electrons. The van der Waals surface area contributed by atoms with Crippen LogP contribution in [0, 0.1) is 6.92 Å². The molecular weight excluding hydrogens is 316 g/mol. The molecular formula is C20H18N2O3. The average Bonchev–Trinajstić information content (AvgIpc) is 2.84. The zero-order valence-electron chi connectivity index (χ0n) is 14.2. The molecule has 0 aromatic heterocycles. The minimum atomic E-state index is -0.357. The first kappa shape index (κ1) is 15.6. The lowest BCUT2D eigenvalue weighted by molar-refractivity contribution is 0.0693. The van der Waals surface area contributed by atoms with Crippen LogP contribution in [0.1, 0.15) is 48.6 Å². The largest absolute Gasteiger partial charge is 0.308 e. The number of carbonyl (C=O) groups excluding carboxylic acids is 3. The first-order valence-electron chi connectivity index (χ1n) is 8.35. The zero-order valence-corrected chi connectivity index (χ0v) is 14.2. The lowest BCUT2D eigenvalue weighted by atomic mass is 9.98. The van der Waals surface area contributed by atoms with Gasteiger partial charge in [0.15, 0.2) is 0 Å². The highest BCUT2D eigenvalue weighted by atomic mass is 16.2. The number of aryl methyl sites for hydroxylation is 2. The number of hydrogen-bond donors (Lipinski definition) is 0. The number of nitrogens with zero attached hydrogens (tertiary/aromatic N) is 2. The molecule has 0 spiro atoms. The molecule has 0 unspecified atom stereocenters. The van der Waals surface area contributed by atoms with Crippen molar-refractivity contribution in [3.05, 3.63) is 64.2 Å². The van der Waals surface area contributed by atoms with Gasteiger partial charge in [0, 0.05) is 24.8 Å². The van der Waals surface area contributed by atoms with E-state index < -0.39 is 0 Å². The van der Waals surface area contributed by atoms with Gasteiger partial charge in [-0.25, -0.2) is 0 Å². The molecule has 0 bridgehead atoms. The fourth-order valence-electron chi connectivity index (χ4n) is 3.59. The van der Waals surface area contributed by atoms with Crippen LogP contribution in [0.3, 0.4) is 0 Å². The molecule has 4 rings (SSSR count). The minimum Gasteiger partial charge on any atom is -0.308 e. The van der Waals surface area contributed by atoms with E-state index in [1.807, 2.05) is 19.1 Å². The highest BCUT2D eigenvalue weighted by molar-refractivity contribution is 6.22. The highest BCUT2D eigenvalue weighted by Gasteiger charge is 2.34. The number of imide groups is 1. The van der Waals surface area contributed by atoms with Crippen LogP contribution < -0.4 is 4.90 Å². The van der Waals surface area contributed by atoms with Gasteiger partial charge >= 0.3 is 0 Å². The first-order chi connectivity index (χ1) is 12.0. The summed E-state index contributed by atoms with van der Waals surface area (Å²) in [5.41, 5.74) is 4.38. The van der Waals surface area contributed by atoms with Crippen molar-refractivity contribution in [2.45, 2.75) is 19.8 Å². The van der Waals surface area contributed by atoms with Crippen molar-refractivity contribution in [3.63, 3.8) is 0 Å². The third-order valence-electron chi connectivity index (χ3n) is 4.94. The van der Waals surface area contributed by atoms with Crippen molar-refractivity contribution in [2.75, 3.05) is 18.5 Å². The summed E-state index contributed by atoms with van der Waals surface area (Å²) in [6.45, 7) is 2.69. The average molecular weight is 334 g/mol. The van der Waals surface area contributed by atoms with Crippen molar-refractivity contribution in [3.8, 4) is 0 Å². The van der Waals surface area contributed by atoms with Crippen molar-refractivity contribution in [2.24, 2.45) is 0 Å². The molecule has 25 heavy (non-hydrogen) atoms. The summed E-state index contributed by atoms with van der Waals surface area (Å²) in [5, 5.41) is 0. The van der Waals surface area contributed by atoms with Gasteiger partial charge in [0.05, 0.1) is 11.1 Å². The standard InChI is InChI=1S/C20H18N2O3/c1-12-5-8-17-13(10-12)4-3-9-22(17)18(23)14-6-7-15-16(11-14)20(25)21(2)19(15)24/h5-8,10-11H,3-4,9H2,1-2H3. The Morgan fingerprint density at radius 2 is 1.76 bits per heavy atom. The Kier molecular flexibility index (Phi) is 3.46. The normalized spacial score (nSPS) is 16.1. The number of fused-ring (bicyclic) bond motifs is 2. The topological polar surface area (TPSA) is 57.7 Å². The Labute approximate surface area is 145 Å². The van der Waals surface area contributed by atoms with Crippen LogP contribution in [0.25, 0.3) is 0 Å². The van der Waals surface area contributed by atoms with Crippen molar-refractivity contribution in [1.82, 2.24) is 4.90 Å². The van der Waals surface area contributed by atoms with E-state index in [2.05, 4.69) is 6.07 Å². The van der Waals surface area contributed by atoms with Gasteiger partial charge in [-0.2, -0.15) is 0 Å². The van der Waals surface area contributed by atoms with E-state index in [0.717, 1.165) is 23.4 Å². The lowest BCUT2D eigenvalue weighted by Gasteiger charge is -2.30. The summed E-state index contributed by atoms with van der Waals surface area (Å²) in [6, 6.07) is 10.9. The molecule has 0 fully saturated rings. The van der Waals surface area contributed by atoms with Gasteiger partial charge in [-0.05, 0) is 49.6 Å². The van der Waals surface area contributed by atoms with E-state index in [4.69, 9.17) is 0 Å². The van der Waals surface area contributed by atoms with Crippen LogP contribution in [-0.2, 0) is 6.42 Å². The molecule has 3 amide bonds. The summed E-state index contributed by atoms with van der Waals surface area (Å²) in [5.74, 6) is -0.815. The number of amides is 3. The van der Waals surface area contributed by atoms with Crippen molar-refractivity contribution >= 4 is 23.4 Å². The first-order valence-corrected chi connectivity index (χ1v) is 8.35. The van der Waals surface area contributed by atoms with Crippen LogP contribution in [0.2, 0.25) is 0 Å². The molecule has 2 aliphatic rings. The van der Waals surface area contributed by atoms with E-state index in [1.54, 1.807) is 23.1 Å². The molecule has 2 aliphatic heterocycles. The number of anilines is 1. The van der Waals surface area contributed by atoms with Gasteiger partial charge < -0.3 is 4.90 Å². The summed E-state index contributed by atoms with van der Waals surface area (Å²) >= 11 is 0. The summed E-state index contributed by atoms with van der Waals surface area (Å²) < 4.78 is 0. The van der Waals surface area contributed by atoms with Gasteiger partial charge in [-0.15, -0.1) is 0 Å². The molecule has 5 heteroatoms. The van der Waals surface area contributed by atoms with Crippen molar-refractivity contribution < 1.29 is 14.4 Å². The molecule has 0 saturated heterocycles. The Bertz CT molecular complexity index is 933. The quantitative estimate of drug-likeness (QED) is 0.754. The smallest absolute Gasteiger partial charge is 0.261 e. The third kappa shape index (κ3) is 2.35. The molecule has 0 atom stereocenters. The van der Waals surface area contributed by atoms with E-state index in [0.29, 0.717) is 23.2 Å². The fourth-order valence-corrected chi connectivity index (χ4v) is 3.59. The third-order valence-corrected chi connectivity index (χ3v) is 4.94. The second-order valence-corrected chi connectivity index (χ2v) is 6.62. The second-order valence-electron chi connectivity index (χ2n) is 6.62. The fraction of sp³-hybridized carbons (Fsp3) is 0.250. The van der Waals surface area contributed by atoms with Gasteiger partial charge in [-0.3, -0.25) is 19.3 Å². The Morgan fingerprint density at radius 1 is 1.00 bits per heavy atom. The maximum Gasteiger partial charge on any atom is 0.261 e. The predicted molar refractivity (Wildman–Crippen MR) is 94.0 cm³/mol. The Balaban J connectivity index is 1.72. The summed E-state index contributed by atoms with van der Waals surface area (Å²) in [4.78, 5) is 40.1. The van der Waals surface area contributed by atoms with Gasteiger partial charge in [0.2, 0.25) is 0 Å². The SMILES string of the molecule is Cc1ccc2c(c1)CCCN2C(=O)c1ccc2c(c1)C(=O)N(C)C2=O. The monoisotopic (exact) mass is 334 g/mol. The maximum absolute atomic E-state index is 13.0. The Morgan fingerprint density at radius 3 is 2.56 bits per heavy atom. The molecule has 0 saturated carbocycles. The number of carbonyl (C=O) groups is 3. The van der Waals surface area contributed by atoms with Gasteiger partial charge in [-0.1, -0.05) is 17.7 Å². The predicted octanol–water partition coefficient (Wildman–Crippen LogP) is 2.81. The van der Waals surface area contributed by atoms with Crippen LogP contribution in [0.4, 0.5) is 5.69 Å². The van der Waals surface area contributed by atoms with Gasteiger partial charge in [0.1, 0.15) is 0 Å². The molecule has 2 aromatic rings. The molecule has 0 aliphatic carbocycles. The number of hydrogen-bond acceptors (Lipinski definition) is 3. The van der Waals surface area contributed by atoms with E-state index >= 15 is 0 Å². The highest BCUT2D eigenvalue weighted by Crippen LogP contribution is 2.30. The van der Waals surface area contributed by atoms with Crippen LogP contribution in [0.5, 0.6) is 0 Å². The van der Waals surface area contributed by atoms with E-state index in [1.165, 1.54) is 18.2 Å². The minimum absolute atomic E-state index is 0.137. The lowest BCUT2D eigenvalue weighted by Crippen LogP contribution is -2.35. The van der Waals surface area contributed by atoms with Gasteiger partial charge in [0.25, 0.3) is 17.7 Å². The van der Waals surface area contributed by atoms with Crippen LogP contribution in [-0.4, -0.2) is 36.2 Å². The second kappa shape index (κ2) is 5.55. The zero-order chi connectivity index (χ0) is 17.7. The molecule has 0 radical (unpaired) electrons. The van der Waals surface area contributed by atoms with Crippen LogP contribution >= 0.6 is 0 Å². The van der Waals surface area contributed by atoms with E-state index in [-0.39, 0.29) is 17.7 Å². The summed E-state index contributed by atoms with van der Waals surface area (Å²) in [7, 11) is 1.45. The van der Waals surface area contributed by atoms with Crippen LogP contribution in [0.15, 0.2) is 36.4 Å². The molecule has 0 N–H and O–H groups in total. The number of rotatable bonds is 1.